The van der Waals surface area contributed by atoms with Crippen LogP contribution in [-0.4, -0.2) is 28.6 Å². The Morgan fingerprint density at radius 2 is 2.05 bits per heavy atom. The zero-order valence-corrected chi connectivity index (χ0v) is 13.8. The van der Waals surface area contributed by atoms with Crippen molar-refractivity contribution in [2.24, 2.45) is 18.9 Å². The first kappa shape index (κ1) is 13.2. The van der Waals surface area contributed by atoms with Crippen LogP contribution >= 0.6 is 0 Å². The SMILES string of the molecule is CC[C@H]1C[C@H]2C[C@H]3c4c(c5ccccc5n4C)CCN(C2)C13. The second-order valence-corrected chi connectivity index (χ2v) is 7.79. The van der Waals surface area contributed by atoms with E-state index in [0.717, 1.165) is 23.8 Å². The second kappa shape index (κ2) is 4.61. The zero-order chi connectivity index (χ0) is 14.8. The van der Waals surface area contributed by atoms with Crippen LogP contribution in [0.3, 0.4) is 0 Å². The Morgan fingerprint density at radius 1 is 1.18 bits per heavy atom. The number of para-hydroxylation sites is 1. The number of hydrogen-bond acceptors (Lipinski definition) is 1. The van der Waals surface area contributed by atoms with Crippen LogP contribution in [-0.2, 0) is 13.5 Å². The number of nitrogens with zero attached hydrogens (tertiary/aromatic N) is 2. The van der Waals surface area contributed by atoms with E-state index in [2.05, 4.69) is 47.7 Å². The van der Waals surface area contributed by atoms with E-state index >= 15 is 0 Å². The van der Waals surface area contributed by atoms with Gasteiger partial charge in [-0.2, -0.15) is 0 Å². The number of aromatic nitrogens is 1. The van der Waals surface area contributed by atoms with Crippen molar-refractivity contribution in [1.82, 2.24) is 9.47 Å². The van der Waals surface area contributed by atoms with Crippen molar-refractivity contribution < 1.29 is 0 Å². The van der Waals surface area contributed by atoms with E-state index in [0.29, 0.717) is 0 Å². The predicted octanol–water partition coefficient (Wildman–Crippen LogP) is 3.94. The first-order valence-corrected chi connectivity index (χ1v) is 9.08. The van der Waals surface area contributed by atoms with Gasteiger partial charge in [0.05, 0.1) is 0 Å². The third-order valence-corrected chi connectivity index (χ3v) is 6.82. The Bertz CT molecular complexity index is 729. The van der Waals surface area contributed by atoms with E-state index in [9.17, 15) is 0 Å². The number of piperidine rings is 2. The topological polar surface area (TPSA) is 8.17 Å². The average molecular weight is 294 g/mol. The Morgan fingerprint density at radius 3 is 2.91 bits per heavy atom. The van der Waals surface area contributed by atoms with Gasteiger partial charge in [-0.25, -0.2) is 0 Å². The van der Waals surface area contributed by atoms with Crippen molar-refractivity contribution in [3.05, 3.63) is 35.5 Å². The maximum atomic E-state index is 2.85. The fourth-order valence-corrected chi connectivity index (χ4v) is 6.05. The van der Waals surface area contributed by atoms with Gasteiger partial charge in [0.15, 0.2) is 0 Å². The molecule has 0 radical (unpaired) electrons. The molecule has 5 atom stereocenters. The maximum Gasteiger partial charge on any atom is 0.0482 e. The highest BCUT2D eigenvalue weighted by atomic mass is 15.2. The summed E-state index contributed by atoms with van der Waals surface area (Å²) in [5, 5.41) is 1.51. The molecule has 0 N–H and O–H groups in total. The molecule has 0 amide bonds. The van der Waals surface area contributed by atoms with Crippen LogP contribution in [0.1, 0.15) is 43.4 Å². The largest absolute Gasteiger partial charge is 0.347 e. The van der Waals surface area contributed by atoms with Gasteiger partial charge in [0.2, 0.25) is 0 Å². The highest BCUT2D eigenvalue weighted by Gasteiger charge is 2.49. The highest BCUT2D eigenvalue weighted by molar-refractivity contribution is 5.86. The number of fused-ring (bicyclic) bond motifs is 4. The van der Waals surface area contributed by atoms with Gasteiger partial charge < -0.3 is 4.57 Å². The molecule has 116 valence electrons. The summed E-state index contributed by atoms with van der Waals surface area (Å²) < 4.78 is 2.53. The summed E-state index contributed by atoms with van der Waals surface area (Å²) in [6.45, 7) is 5.04. The molecule has 4 heterocycles. The summed E-state index contributed by atoms with van der Waals surface area (Å²) in [5.41, 5.74) is 4.78. The molecule has 2 nitrogen and oxygen atoms in total. The molecule has 3 fully saturated rings. The molecule has 1 aromatic carbocycles. The summed E-state index contributed by atoms with van der Waals surface area (Å²) >= 11 is 0. The molecule has 1 aliphatic carbocycles. The maximum absolute atomic E-state index is 2.85. The number of aryl methyl sites for hydroxylation is 1. The van der Waals surface area contributed by atoms with Crippen LogP contribution in [0.2, 0.25) is 0 Å². The lowest BCUT2D eigenvalue weighted by Crippen LogP contribution is -2.56. The lowest BCUT2D eigenvalue weighted by molar-refractivity contribution is -0.0140. The van der Waals surface area contributed by atoms with Gasteiger partial charge in [0.1, 0.15) is 0 Å². The normalized spacial score (nSPS) is 36.4. The monoisotopic (exact) mass is 294 g/mol. The summed E-state index contributed by atoms with van der Waals surface area (Å²) in [7, 11) is 2.31. The van der Waals surface area contributed by atoms with Crippen LogP contribution in [0.4, 0.5) is 0 Å². The minimum atomic E-state index is 0.771. The van der Waals surface area contributed by atoms with Gasteiger partial charge in [-0.1, -0.05) is 31.5 Å². The van der Waals surface area contributed by atoms with Crippen LogP contribution in [0.5, 0.6) is 0 Å². The van der Waals surface area contributed by atoms with E-state index in [1.165, 1.54) is 49.7 Å². The summed E-state index contributed by atoms with van der Waals surface area (Å²) in [6, 6.07) is 9.85. The van der Waals surface area contributed by atoms with Crippen molar-refractivity contribution in [2.75, 3.05) is 13.1 Å². The molecule has 2 unspecified atom stereocenters. The quantitative estimate of drug-likeness (QED) is 0.773. The average Bonchev–Trinajstić information content (AvgIpc) is 2.78. The Labute approximate surface area is 133 Å². The minimum absolute atomic E-state index is 0.771. The zero-order valence-electron chi connectivity index (χ0n) is 13.8. The third kappa shape index (κ3) is 1.59. The van der Waals surface area contributed by atoms with Crippen LogP contribution in [0.25, 0.3) is 10.9 Å². The molecule has 4 bridgehead atoms. The van der Waals surface area contributed by atoms with E-state index < -0.39 is 0 Å². The lowest BCUT2D eigenvalue weighted by Gasteiger charge is -2.53. The minimum Gasteiger partial charge on any atom is -0.347 e. The Kier molecular flexibility index (Phi) is 2.76. The predicted molar refractivity (Wildman–Crippen MR) is 91.2 cm³/mol. The summed E-state index contributed by atoms with van der Waals surface area (Å²) in [6.07, 6.45) is 5.50. The second-order valence-electron chi connectivity index (χ2n) is 7.79. The fraction of sp³-hybridized carbons (Fsp3) is 0.600. The standard InChI is InChI=1S/C20H26N2/c1-3-14-10-13-11-17-19(14)22(12-13)9-8-16-15-6-4-5-7-18(15)21(2)20(16)17/h4-7,13-14,17,19H,3,8-12H2,1-2H3/t13-,14-,17+,19?/m0/s1. The van der Waals surface area contributed by atoms with E-state index in [4.69, 9.17) is 0 Å². The molecule has 2 aromatic rings. The van der Waals surface area contributed by atoms with Crippen LogP contribution in [0.15, 0.2) is 24.3 Å². The van der Waals surface area contributed by atoms with Crippen LogP contribution < -0.4 is 0 Å². The smallest absolute Gasteiger partial charge is 0.0482 e. The van der Waals surface area contributed by atoms with E-state index in [-0.39, 0.29) is 0 Å². The summed E-state index contributed by atoms with van der Waals surface area (Å²) in [4.78, 5) is 2.85. The molecule has 0 spiro atoms. The molecular formula is C20H26N2. The molecular weight excluding hydrogens is 268 g/mol. The van der Waals surface area contributed by atoms with Gasteiger partial charge >= 0.3 is 0 Å². The van der Waals surface area contributed by atoms with Gasteiger partial charge in [-0.3, -0.25) is 4.90 Å². The number of rotatable bonds is 1. The molecule has 6 rings (SSSR count). The van der Waals surface area contributed by atoms with E-state index in [1.807, 2.05) is 0 Å². The molecule has 1 saturated carbocycles. The molecule has 1 aromatic heterocycles. The van der Waals surface area contributed by atoms with Gasteiger partial charge in [0, 0.05) is 48.7 Å². The van der Waals surface area contributed by atoms with Crippen molar-refractivity contribution in [1.29, 1.82) is 0 Å². The first-order valence-electron chi connectivity index (χ1n) is 9.08. The number of hydrogen-bond donors (Lipinski definition) is 0. The van der Waals surface area contributed by atoms with Gasteiger partial charge in [0.25, 0.3) is 0 Å². The highest BCUT2D eigenvalue weighted by Crippen LogP contribution is 2.51. The van der Waals surface area contributed by atoms with Gasteiger partial charge in [-0.15, -0.1) is 0 Å². The summed E-state index contributed by atoms with van der Waals surface area (Å²) in [5.74, 6) is 2.62. The molecule has 2 heteroatoms. The van der Waals surface area contributed by atoms with Crippen molar-refractivity contribution in [2.45, 2.75) is 44.6 Å². The molecule has 2 saturated heterocycles. The Hall–Kier alpha value is -1.28. The lowest BCUT2D eigenvalue weighted by atomic mass is 9.65. The first-order chi connectivity index (χ1) is 10.8. The van der Waals surface area contributed by atoms with Crippen molar-refractivity contribution in [3.8, 4) is 0 Å². The number of benzene rings is 1. The van der Waals surface area contributed by atoms with E-state index in [1.54, 1.807) is 11.3 Å². The molecule has 3 aliphatic heterocycles. The van der Waals surface area contributed by atoms with Crippen molar-refractivity contribution >= 4 is 10.9 Å². The molecule has 22 heavy (non-hydrogen) atoms. The van der Waals surface area contributed by atoms with Crippen molar-refractivity contribution in [3.63, 3.8) is 0 Å². The van der Waals surface area contributed by atoms with Gasteiger partial charge in [-0.05, 0) is 42.7 Å². The molecule has 4 aliphatic rings. The third-order valence-electron chi connectivity index (χ3n) is 6.82. The Balaban J connectivity index is 1.73. The van der Waals surface area contributed by atoms with Crippen LogP contribution in [0, 0.1) is 11.8 Å². The fourth-order valence-electron chi connectivity index (χ4n) is 6.05.